The molecule has 0 aromatic heterocycles. The van der Waals surface area contributed by atoms with E-state index in [2.05, 4.69) is 32.6 Å². The van der Waals surface area contributed by atoms with Crippen molar-refractivity contribution in [3.63, 3.8) is 0 Å². The van der Waals surface area contributed by atoms with Crippen molar-refractivity contribution in [3.05, 3.63) is 0 Å². The fourth-order valence-electron chi connectivity index (χ4n) is 7.42. The van der Waals surface area contributed by atoms with E-state index in [1.165, 1.54) is 32.1 Å². The first-order chi connectivity index (χ1) is 12.3. The lowest BCUT2D eigenvalue weighted by atomic mass is 9.53. The summed E-state index contributed by atoms with van der Waals surface area (Å²) in [5, 5.41) is 0. The van der Waals surface area contributed by atoms with Crippen molar-refractivity contribution in [1.29, 1.82) is 0 Å². The summed E-state index contributed by atoms with van der Waals surface area (Å²) in [6.45, 7) is 12.6. The van der Waals surface area contributed by atoms with Gasteiger partial charge in [0.2, 0.25) is 0 Å². The van der Waals surface area contributed by atoms with Crippen LogP contribution in [0.2, 0.25) is 0 Å². The first-order valence-corrected chi connectivity index (χ1v) is 10.9. The molecule has 0 N–H and O–H groups in total. The standard InChI is InChI=1S/C22H35NO3/c1-14-7-5-9-21(4)11-16-17(18-22(14,21)26-18)15(19(24)25-16)12-23-10-6-8-20(2,3)13-23/h14-18H,5-13H2,1-4H3/t14-,15?,16+,17+,18?,21+,22?/m0/s1. The Morgan fingerprint density at radius 1 is 1.19 bits per heavy atom. The molecular formula is C22H35NO3. The normalized spacial score (nSPS) is 52.6. The molecule has 26 heavy (non-hydrogen) atoms. The van der Waals surface area contributed by atoms with Gasteiger partial charge in [0, 0.05) is 24.4 Å². The van der Waals surface area contributed by atoms with Crippen LogP contribution in [0.5, 0.6) is 0 Å². The van der Waals surface area contributed by atoms with Crippen molar-refractivity contribution in [1.82, 2.24) is 4.90 Å². The number of fused-ring (bicyclic) bond motifs is 2. The highest BCUT2D eigenvalue weighted by Crippen LogP contribution is 2.70. The number of ether oxygens (including phenoxy) is 2. The lowest BCUT2D eigenvalue weighted by molar-refractivity contribution is -0.146. The smallest absolute Gasteiger partial charge is 0.311 e. The first-order valence-electron chi connectivity index (χ1n) is 10.9. The summed E-state index contributed by atoms with van der Waals surface area (Å²) < 4.78 is 12.5. The number of likely N-dealkylation sites (tertiary alicyclic amines) is 1. The average Bonchev–Trinajstić information content (AvgIpc) is 3.22. The van der Waals surface area contributed by atoms with Crippen LogP contribution in [0.4, 0.5) is 0 Å². The number of esters is 1. The van der Waals surface area contributed by atoms with E-state index in [4.69, 9.17) is 9.47 Å². The van der Waals surface area contributed by atoms with Gasteiger partial charge in [-0.25, -0.2) is 0 Å². The maximum absolute atomic E-state index is 12.8. The Morgan fingerprint density at radius 3 is 2.77 bits per heavy atom. The maximum atomic E-state index is 12.8. The predicted molar refractivity (Wildman–Crippen MR) is 99.7 cm³/mol. The Hall–Kier alpha value is -0.610. The zero-order chi connectivity index (χ0) is 18.3. The van der Waals surface area contributed by atoms with Gasteiger partial charge >= 0.3 is 5.97 Å². The van der Waals surface area contributed by atoms with Crippen LogP contribution < -0.4 is 0 Å². The van der Waals surface area contributed by atoms with Gasteiger partial charge < -0.3 is 14.4 Å². The van der Waals surface area contributed by atoms with Crippen LogP contribution in [0, 0.1) is 28.6 Å². The Balaban J connectivity index is 1.38. The summed E-state index contributed by atoms with van der Waals surface area (Å²) in [5.41, 5.74) is 0.582. The second kappa shape index (κ2) is 5.47. The number of piperidine rings is 1. The highest BCUT2D eigenvalue weighted by Gasteiger charge is 2.78. The lowest BCUT2D eigenvalue weighted by Gasteiger charge is -2.49. The summed E-state index contributed by atoms with van der Waals surface area (Å²) in [5.74, 6) is 0.944. The number of nitrogens with zero attached hydrogens (tertiary/aromatic N) is 1. The number of carbonyl (C=O) groups is 1. The third kappa shape index (κ3) is 2.30. The lowest BCUT2D eigenvalue weighted by Crippen LogP contribution is -2.55. The molecule has 2 saturated carbocycles. The van der Waals surface area contributed by atoms with Crippen molar-refractivity contribution in [2.45, 2.75) is 84.0 Å². The number of hydrogen-bond acceptors (Lipinski definition) is 4. The largest absolute Gasteiger partial charge is 0.462 e. The van der Waals surface area contributed by atoms with Gasteiger partial charge in [0.05, 0.1) is 12.0 Å². The minimum atomic E-state index is 0.0111. The Labute approximate surface area is 158 Å². The molecule has 4 heteroatoms. The Bertz CT molecular complexity index is 619. The number of hydrogen-bond donors (Lipinski definition) is 0. The van der Waals surface area contributed by atoms with Gasteiger partial charge in [-0.15, -0.1) is 0 Å². The molecule has 1 spiro atoms. The van der Waals surface area contributed by atoms with Gasteiger partial charge in [0.1, 0.15) is 11.7 Å². The Morgan fingerprint density at radius 2 is 2.00 bits per heavy atom. The number of epoxide rings is 1. The first kappa shape index (κ1) is 17.5. The van der Waals surface area contributed by atoms with Crippen LogP contribution in [-0.4, -0.2) is 48.3 Å². The second-order valence-corrected chi connectivity index (χ2v) is 11.1. The van der Waals surface area contributed by atoms with E-state index in [1.807, 2.05) is 0 Å². The summed E-state index contributed by atoms with van der Waals surface area (Å²) in [7, 11) is 0. The fourth-order valence-corrected chi connectivity index (χ4v) is 7.42. The molecule has 3 unspecified atom stereocenters. The van der Waals surface area contributed by atoms with E-state index in [-0.39, 0.29) is 41.0 Å². The second-order valence-electron chi connectivity index (χ2n) is 11.1. The average molecular weight is 362 g/mol. The topological polar surface area (TPSA) is 42.1 Å². The summed E-state index contributed by atoms with van der Waals surface area (Å²) in [6, 6.07) is 0. The van der Waals surface area contributed by atoms with E-state index >= 15 is 0 Å². The summed E-state index contributed by atoms with van der Waals surface area (Å²) in [6.07, 6.45) is 7.64. The van der Waals surface area contributed by atoms with Crippen molar-refractivity contribution in [3.8, 4) is 0 Å². The number of rotatable bonds is 2. The monoisotopic (exact) mass is 361 g/mol. The molecule has 3 aliphatic heterocycles. The van der Waals surface area contributed by atoms with Crippen LogP contribution in [0.3, 0.4) is 0 Å². The third-order valence-electron chi connectivity index (χ3n) is 8.63. The highest BCUT2D eigenvalue weighted by atomic mass is 16.6. The molecule has 0 aromatic carbocycles. The van der Waals surface area contributed by atoms with Crippen molar-refractivity contribution in [2.75, 3.05) is 19.6 Å². The van der Waals surface area contributed by atoms with Crippen molar-refractivity contribution < 1.29 is 14.3 Å². The van der Waals surface area contributed by atoms with Crippen LogP contribution in [-0.2, 0) is 14.3 Å². The van der Waals surface area contributed by atoms with E-state index in [1.54, 1.807) is 0 Å². The SMILES string of the molecule is C[C@H]1CCC[C@]2(C)C[C@H]3OC(=O)C(CN4CCCC(C)(C)C4)[C@H]3C3OC312. The molecule has 4 nitrogen and oxygen atoms in total. The molecule has 5 rings (SSSR count). The summed E-state index contributed by atoms with van der Waals surface area (Å²) in [4.78, 5) is 15.3. The molecule has 2 aliphatic carbocycles. The minimum absolute atomic E-state index is 0.0111. The highest BCUT2D eigenvalue weighted by molar-refractivity contribution is 5.76. The quantitative estimate of drug-likeness (QED) is 0.556. The Kier molecular flexibility index (Phi) is 3.68. The van der Waals surface area contributed by atoms with E-state index in [0.29, 0.717) is 11.3 Å². The minimum Gasteiger partial charge on any atom is -0.462 e. The molecule has 3 saturated heterocycles. The maximum Gasteiger partial charge on any atom is 0.311 e. The van der Waals surface area contributed by atoms with Gasteiger partial charge in [-0.2, -0.15) is 0 Å². The molecule has 0 aromatic rings. The molecule has 0 bridgehead atoms. The van der Waals surface area contributed by atoms with Gasteiger partial charge in [-0.3, -0.25) is 4.79 Å². The van der Waals surface area contributed by atoms with Crippen LogP contribution >= 0.6 is 0 Å². The van der Waals surface area contributed by atoms with Gasteiger partial charge in [-0.1, -0.05) is 34.1 Å². The molecule has 5 aliphatic rings. The van der Waals surface area contributed by atoms with Crippen LogP contribution in [0.25, 0.3) is 0 Å². The summed E-state index contributed by atoms with van der Waals surface area (Å²) >= 11 is 0. The fraction of sp³-hybridized carbons (Fsp3) is 0.955. The van der Waals surface area contributed by atoms with E-state index in [0.717, 1.165) is 26.1 Å². The van der Waals surface area contributed by atoms with Gasteiger partial charge in [0.25, 0.3) is 0 Å². The molecule has 0 radical (unpaired) electrons. The van der Waals surface area contributed by atoms with Gasteiger partial charge in [-0.05, 0) is 50.0 Å². The zero-order valence-corrected chi connectivity index (χ0v) is 16.9. The van der Waals surface area contributed by atoms with E-state index < -0.39 is 0 Å². The predicted octanol–water partition coefficient (Wildman–Crippen LogP) is 3.63. The van der Waals surface area contributed by atoms with Crippen LogP contribution in [0.1, 0.15) is 66.2 Å². The van der Waals surface area contributed by atoms with Gasteiger partial charge in [0.15, 0.2) is 0 Å². The molecule has 5 fully saturated rings. The molecule has 7 atom stereocenters. The third-order valence-corrected chi connectivity index (χ3v) is 8.63. The van der Waals surface area contributed by atoms with E-state index in [9.17, 15) is 4.79 Å². The molecule has 0 amide bonds. The number of carbonyl (C=O) groups excluding carboxylic acids is 1. The molecule has 146 valence electrons. The van der Waals surface area contributed by atoms with Crippen molar-refractivity contribution >= 4 is 5.97 Å². The van der Waals surface area contributed by atoms with Crippen LogP contribution in [0.15, 0.2) is 0 Å². The van der Waals surface area contributed by atoms with Crippen molar-refractivity contribution in [2.24, 2.45) is 28.6 Å². The zero-order valence-electron chi connectivity index (χ0n) is 16.9. The molecular weight excluding hydrogens is 326 g/mol. The molecule has 3 heterocycles.